The van der Waals surface area contributed by atoms with Crippen LogP contribution in [0.25, 0.3) is 11.1 Å². The number of aliphatic carboxylic acids is 1. The minimum Gasteiger partial charge on any atom is -0.481 e. The summed E-state index contributed by atoms with van der Waals surface area (Å²) in [6, 6.07) is 14.8. The number of alkyl carbamates (subject to hydrolysis) is 1. The van der Waals surface area contributed by atoms with Gasteiger partial charge >= 0.3 is 12.1 Å². The topological polar surface area (TPSA) is 105 Å². The lowest BCUT2D eigenvalue weighted by atomic mass is 9.98. The van der Waals surface area contributed by atoms with Gasteiger partial charge in [0, 0.05) is 17.2 Å². The standard InChI is InChI=1S/C24H26N2O5S/c1-14-20(10-11-32-14)25-23(29)21(12-22(27)28)26-24(30)31-13-19-17-8-4-2-6-15(17)16-7-3-5-9-18(16)19/h2-9,14,19-21H,10-13H2,1H3,(H,25,29)(H,26,30)(H,27,28). The van der Waals surface area contributed by atoms with Crippen molar-refractivity contribution in [1.29, 1.82) is 0 Å². The van der Waals surface area contributed by atoms with Crippen LogP contribution in [-0.4, -0.2) is 52.8 Å². The number of carbonyl (C=O) groups excluding carboxylic acids is 2. The molecule has 1 aliphatic carbocycles. The minimum absolute atomic E-state index is 0.0342. The van der Waals surface area contributed by atoms with Gasteiger partial charge in [-0.05, 0) is 34.4 Å². The predicted octanol–water partition coefficient (Wildman–Crippen LogP) is 3.38. The highest BCUT2D eigenvalue weighted by atomic mass is 32.2. The number of nitrogens with one attached hydrogen (secondary N) is 2. The van der Waals surface area contributed by atoms with Gasteiger partial charge < -0.3 is 20.5 Å². The van der Waals surface area contributed by atoms with Crippen LogP contribution in [-0.2, 0) is 14.3 Å². The van der Waals surface area contributed by atoms with Crippen molar-refractivity contribution in [3.8, 4) is 11.1 Å². The molecule has 168 valence electrons. The molecule has 1 aliphatic heterocycles. The number of hydrogen-bond acceptors (Lipinski definition) is 5. The average molecular weight is 455 g/mol. The van der Waals surface area contributed by atoms with Crippen molar-refractivity contribution >= 4 is 29.7 Å². The maximum atomic E-state index is 12.6. The Balaban J connectivity index is 1.40. The molecule has 2 aromatic carbocycles. The van der Waals surface area contributed by atoms with Gasteiger partial charge in [-0.2, -0.15) is 11.8 Å². The Morgan fingerprint density at radius 1 is 1.09 bits per heavy atom. The molecule has 0 saturated carbocycles. The third-order valence-electron chi connectivity index (χ3n) is 6.03. The second-order valence-corrected chi connectivity index (χ2v) is 9.59. The third-order valence-corrected chi connectivity index (χ3v) is 7.36. The van der Waals surface area contributed by atoms with Gasteiger partial charge in [0.1, 0.15) is 12.6 Å². The Kier molecular flexibility index (Phi) is 6.69. The Morgan fingerprint density at radius 2 is 1.72 bits per heavy atom. The Bertz CT molecular complexity index is 981. The fourth-order valence-corrected chi connectivity index (χ4v) is 5.57. The molecular formula is C24H26N2O5S. The summed E-state index contributed by atoms with van der Waals surface area (Å²) in [7, 11) is 0. The molecule has 2 aromatic rings. The first-order chi connectivity index (χ1) is 15.4. The van der Waals surface area contributed by atoms with Gasteiger partial charge in [0.15, 0.2) is 0 Å². The number of rotatable bonds is 7. The monoisotopic (exact) mass is 454 g/mol. The largest absolute Gasteiger partial charge is 0.481 e. The fourth-order valence-electron chi connectivity index (χ4n) is 4.37. The maximum absolute atomic E-state index is 12.6. The first kappa shape index (κ1) is 22.2. The number of fused-ring (bicyclic) bond motifs is 3. The normalized spacial score (nSPS) is 20.2. The lowest BCUT2D eigenvalue weighted by Gasteiger charge is -2.22. The molecule has 1 saturated heterocycles. The number of hydrogen-bond donors (Lipinski definition) is 3. The van der Waals surface area contributed by atoms with Crippen LogP contribution in [0.1, 0.15) is 36.8 Å². The molecule has 0 aromatic heterocycles. The molecule has 1 heterocycles. The van der Waals surface area contributed by atoms with E-state index in [4.69, 9.17) is 4.74 Å². The summed E-state index contributed by atoms with van der Waals surface area (Å²) >= 11 is 1.75. The van der Waals surface area contributed by atoms with Crippen molar-refractivity contribution in [2.45, 2.75) is 43.0 Å². The number of carboxylic acids is 1. The molecule has 32 heavy (non-hydrogen) atoms. The van der Waals surface area contributed by atoms with Crippen molar-refractivity contribution in [2.24, 2.45) is 0 Å². The lowest BCUT2D eigenvalue weighted by molar-refractivity contribution is -0.140. The van der Waals surface area contributed by atoms with Crippen LogP contribution in [0.15, 0.2) is 48.5 Å². The molecule has 4 rings (SSSR count). The van der Waals surface area contributed by atoms with Gasteiger partial charge in [0.2, 0.25) is 5.91 Å². The van der Waals surface area contributed by atoms with E-state index in [1.165, 1.54) is 0 Å². The molecule has 2 amide bonds. The van der Waals surface area contributed by atoms with Gasteiger partial charge in [0.25, 0.3) is 0 Å². The van der Waals surface area contributed by atoms with Crippen molar-refractivity contribution in [3.05, 3.63) is 59.7 Å². The molecule has 3 atom stereocenters. The van der Waals surface area contributed by atoms with Gasteiger partial charge in [-0.1, -0.05) is 55.5 Å². The molecule has 0 spiro atoms. The summed E-state index contributed by atoms with van der Waals surface area (Å²) in [5, 5.41) is 14.8. The summed E-state index contributed by atoms with van der Waals surface area (Å²) in [6.45, 7) is 2.12. The van der Waals surface area contributed by atoms with Crippen LogP contribution < -0.4 is 10.6 Å². The molecule has 0 radical (unpaired) electrons. The number of benzene rings is 2. The SMILES string of the molecule is CC1SCCC1NC(=O)C(CC(=O)O)NC(=O)OCC1c2ccccc2-c2ccccc21. The number of carbonyl (C=O) groups is 3. The molecule has 1 fully saturated rings. The molecular weight excluding hydrogens is 428 g/mol. The molecule has 0 bridgehead atoms. The number of carboxylic acid groups (broad SMARTS) is 1. The van der Waals surface area contributed by atoms with Crippen LogP contribution in [0.5, 0.6) is 0 Å². The van der Waals surface area contributed by atoms with E-state index in [1.807, 2.05) is 55.5 Å². The Morgan fingerprint density at radius 3 is 2.28 bits per heavy atom. The lowest BCUT2D eigenvalue weighted by Crippen LogP contribution is -2.51. The fraction of sp³-hybridized carbons (Fsp3) is 0.375. The second-order valence-electron chi connectivity index (χ2n) is 8.10. The van der Waals surface area contributed by atoms with Crippen LogP contribution in [0.4, 0.5) is 4.79 Å². The highest BCUT2D eigenvalue weighted by Gasteiger charge is 2.32. The number of ether oxygens (including phenoxy) is 1. The van der Waals surface area contributed by atoms with E-state index in [0.29, 0.717) is 0 Å². The first-order valence-corrected chi connectivity index (χ1v) is 11.7. The summed E-state index contributed by atoms with van der Waals surface area (Å²) < 4.78 is 5.47. The van der Waals surface area contributed by atoms with Crippen molar-refractivity contribution in [1.82, 2.24) is 10.6 Å². The summed E-state index contributed by atoms with van der Waals surface area (Å²) in [5.41, 5.74) is 4.38. The van der Waals surface area contributed by atoms with Gasteiger partial charge in [-0.25, -0.2) is 4.79 Å². The average Bonchev–Trinajstić information content (AvgIpc) is 3.32. The predicted molar refractivity (Wildman–Crippen MR) is 123 cm³/mol. The summed E-state index contributed by atoms with van der Waals surface area (Å²) in [6.07, 6.45) is -0.492. The zero-order valence-electron chi connectivity index (χ0n) is 17.7. The van der Waals surface area contributed by atoms with Crippen LogP contribution in [0, 0.1) is 0 Å². The van der Waals surface area contributed by atoms with E-state index in [-0.39, 0.29) is 23.8 Å². The minimum atomic E-state index is -1.19. The van der Waals surface area contributed by atoms with Gasteiger partial charge in [-0.3, -0.25) is 9.59 Å². The van der Waals surface area contributed by atoms with Gasteiger partial charge in [0.05, 0.1) is 6.42 Å². The number of amides is 2. The zero-order chi connectivity index (χ0) is 22.7. The molecule has 8 heteroatoms. The van der Waals surface area contributed by atoms with Crippen molar-refractivity contribution in [3.63, 3.8) is 0 Å². The third kappa shape index (κ3) is 4.75. The maximum Gasteiger partial charge on any atom is 0.407 e. The van der Waals surface area contributed by atoms with Gasteiger partial charge in [-0.15, -0.1) is 0 Å². The van der Waals surface area contributed by atoms with Crippen LogP contribution in [0.2, 0.25) is 0 Å². The Labute approximate surface area is 190 Å². The molecule has 3 N–H and O–H groups in total. The smallest absolute Gasteiger partial charge is 0.407 e. The van der Waals surface area contributed by atoms with E-state index < -0.39 is 30.4 Å². The van der Waals surface area contributed by atoms with E-state index in [9.17, 15) is 19.5 Å². The van der Waals surface area contributed by atoms with E-state index in [2.05, 4.69) is 10.6 Å². The van der Waals surface area contributed by atoms with E-state index in [1.54, 1.807) is 11.8 Å². The second kappa shape index (κ2) is 9.65. The number of thioether (sulfide) groups is 1. The zero-order valence-corrected chi connectivity index (χ0v) is 18.6. The molecule has 7 nitrogen and oxygen atoms in total. The first-order valence-electron chi connectivity index (χ1n) is 10.7. The quantitative estimate of drug-likeness (QED) is 0.593. The summed E-state index contributed by atoms with van der Waals surface area (Å²) in [5.74, 6) is -0.843. The van der Waals surface area contributed by atoms with Crippen LogP contribution >= 0.6 is 11.8 Å². The highest BCUT2D eigenvalue weighted by molar-refractivity contribution is 8.00. The highest BCUT2D eigenvalue weighted by Crippen LogP contribution is 2.44. The molecule has 3 unspecified atom stereocenters. The van der Waals surface area contributed by atoms with Crippen molar-refractivity contribution < 1.29 is 24.2 Å². The Hall–Kier alpha value is -3.00. The van der Waals surface area contributed by atoms with Crippen molar-refractivity contribution in [2.75, 3.05) is 12.4 Å². The summed E-state index contributed by atoms with van der Waals surface area (Å²) in [4.78, 5) is 36.4. The van der Waals surface area contributed by atoms with E-state index in [0.717, 1.165) is 34.4 Å². The van der Waals surface area contributed by atoms with Crippen LogP contribution in [0.3, 0.4) is 0 Å². The molecule has 2 aliphatic rings. The van der Waals surface area contributed by atoms with E-state index >= 15 is 0 Å².